The number of hydrogen-bond donors (Lipinski definition) is 2. The van der Waals surface area contributed by atoms with Gasteiger partial charge in [0.15, 0.2) is 0 Å². The predicted octanol–water partition coefficient (Wildman–Crippen LogP) is 5.22. The molecule has 0 bridgehead atoms. The molecule has 1 aliphatic carbocycles. The molecule has 0 radical (unpaired) electrons. The fourth-order valence-corrected chi connectivity index (χ4v) is 6.07. The molecule has 1 saturated carbocycles. The fraction of sp³-hybridized carbons (Fsp3) is 0.560. The van der Waals surface area contributed by atoms with Gasteiger partial charge in [0.2, 0.25) is 21.9 Å². The first-order valence-corrected chi connectivity index (χ1v) is 13.8. The summed E-state index contributed by atoms with van der Waals surface area (Å²) < 4.78 is 73.0. The van der Waals surface area contributed by atoms with Gasteiger partial charge in [0.05, 0.1) is 30.3 Å². The van der Waals surface area contributed by atoms with E-state index in [0.717, 1.165) is 25.3 Å². The number of sulfonamides is 1. The molecule has 1 amide bonds. The van der Waals surface area contributed by atoms with Gasteiger partial charge >= 0.3 is 6.18 Å². The lowest BCUT2D eigenvalue weighted by atomic mass is 9.81. The monoisotopic (exact) mass is 559 g/mol. The average Bonchev–Trinajstić information content (AvgIpc) is 2.80. The van der Waals surface area contributed by atoms with Crippen LogP contribution in [0.1, 0.15) is 58.2 Å². The number of carbonyl (C=O) groups is 1. The van der Waals surface area contributed by atoms with Crippen molar-refractivity contribution >= 4 is 33.3 Å². The van der Waals surface area contributed by atoms with E-state index in [9.17, 15) is 26.4 Å². The number of anilines is 3. The molecule has 13 heteroatoms. The van der Waals surface area contributed by atoms with E-state index < -0.39 is 27.8 Å². The molecule has 2 atom stereocenters. The first-order chi connectivity index (χ1) is 17.3. The van der Waals surface area contributed by atoms with Crippen LogP contribution in [0.2, 0.25) is 0 Å². The van der Waals surface area contributed by atoms with Crippen molar-refractivity contribution in [2.24, 2.45) is 5.92 Å². The summed E-state index contributed by atoms with van der Waals surface area (Å²) in [6.45, 7) is 3.33. The molecule has 2 aromatic rings. The molecular weight excluding hydrogens is 523 g/mol. The summed E-state index contributed by atoms with van der Waals surface area (Å²) in [5, 5.41) is 5.52. The number of benzene rings is 1. The molecule has 38 heavy (non-hydrogen) atoms. The van der Waals surface area contributed by atoms with Crippen LogP contribution in [0, 0.1) is 5.92 Å². The molecule has 1 aliphatic rings. The van der Waals surface area contributed by atoms with Crippen molar-refractivity contribution in [1.29, 1.82) is 0 Å². The number of nitrogens with zero attached hydrogens (tertiary/aromatic N) is 3. The number of carbonyl (C=O) groups excluding carboxylic acids is 1. The quantitative estimate of drug-likeness (QED) is 0.433. The lowest BCUT2D eigenvalue weighted by molar-refractivity contribution is -0.138. The maximum absolute atomic E-state index is 13.9. The summed E-state index contributed by atoms with van der Waals surface area (Å²) in [4.78, 5) is 19.5. The van der Waals surface area contributed by atoms with Crippen molar-refractivity contribution in [3.8, 4) is 5.75 Å². The number of nitrogens with one attached hydrogen (secondary N) is 2. The van der Waals surface area contributed by atoms with E-state index in [1.54, 1.807) is 25.1 Å². The maximum Gasteiger partial charge on any atom is 0.419 e. The van der Waals surface area contributed by atoms with Gasteiger partial charge in [0, 0.05) is 37.5 Å². The van der Waals surface area contributed by atoms with E-state index in [4.69, 9.17) is 4.74 Å². The van der Waals surface area contributed by atoms with Gasteiger partial charge < -0.3 is 15.4 Å². The van der Waals surface area contributed by atoms with Crippen LogP contribution in [-0.2, 0) is 27.4 Å². The summed E-state index contributed by atoms with van der Waals surface area (Å²) in [6, 6.07) is 4.36. The van der Waals surface area contributed by atoms with Crippen LogP contribution in [0.25, 0.3) is 0 Å². The molecule has 0 spiro atoms. The molecule has 0 unspecified atom stereocenters. The number of aromatic nitrogens is 2. The minimum Gasteiger partial charge on any atom is -0.494 e. The van der Waals surface area contributed by atoms with Crippen molar-refractivity contribution in [2.45, 2.75) is 65.6 Å². The molecule has 1 fully saturated rings. The second-order valence-electron chi connectivity index (χ2n) is 9.06. The van der Waals surface area contributed by atoms with Gasteiger partial charge in [0.1, 0.15) is 5.75 Å². The van der Waals surface area contributed by atoms with Crippen LogP contribution in [0.3, 0.4) is 0 Å². The molecule has 0 aliphatic heterocycles. The Morgan fingerprint density at radius 3 is 2.50 bits per heavy atom. The topological polar surface area (TPSA) is 114 Å². The zero-order chi connectivity index (χ0) is 27.4. The fourth-order valence-electron chi connectivity index (χ4n) is 4.83. The SMILES string of the molecule is C.CCN([C@@H]1CCCC[C@H]1Cc1nc(Nc2ccc(NC(C)=O)c(OC)c2)ncc1C(F)(F)F)S(C)(=O)=O. The Kier molecular flexibility index (Phi) is 10.5. The molecule has 3 rings (SSSR count). The Labute approximate surface area is 222 Å². The van der Waals surface area contributed by atoms with Crippen molar-refractivity contribution in [3.05, 3.63) is 35.7 Å². The van der Waals surface area contributed by atoms with Crippen molar-refractivity contribution in [1.82, 2.24) is 14.3 Å². The second-order valence-corrected chi connectivity index (χ2v) is 11.0. The summed E-state index contributed by atoms with van der Waals surface area (Å²) >= 11 is 0. The highest BCUT2D eigenvalue weighted by Gasteiger charge is 2.39. The van der Waals surface area contributed by atoms with Crippen LogP contribution < -0.4 is 15.4 Å². The van der Waals surface area contributed by atoms with Crippen LogP contribution in [0.4, 0.5) is 30.5 Å². The third kappa shape index (κ3) is 7.79. The number of rotatable bonds is 9. The largest absolute Gasteiger partial charge is 0.494 e. The zero-order valence-electron chi connectivity index (χ0n) is 21.2. The van der Waals surface area contributed by atoms with Gasteiger partial charge in [-0.2, -0.15) is 17.5 Å². The lowest BCUT2D eigenvalue weighted by Crippen LogP contribution is -2.46. The number of halogens is 3. The maximum atomic E-state index is 13.9. The highest BCUT2D eigenvalue weighted by Crippen LogP contribution is 2.37. The molecule has 0 saturated heterocycles. The van der Waals surface area contributed by atoms with E-state index in [-0.39, 0.29) is 43.9 Å². The minimum atomic E-state index is -4.66. The third-order valence-corrected chi connectivity index (χ3v) is 7.75. The van der Waals surface area contributed by atoms with E-state index in [1.165, 1.54) is 18.3 Å². The highest BCUT2D eigenvalue weighted by atomic mass is 32.2. The Bertz CT molecular complexity index is 1220. The van der Waals surface area contributed by atoms with Crippen LogP contribution in [-0.4, -0.2) is 54.6 Å². The van der Waals surface area contributed by atoms with E-state index >= 15 is 0 Å². The van der Waals surface area contributed by atoms with Crippen LogP contribution in [0.5, 0.6) is 5.75 Å². The Morgan fingerprint density at radius 2 is 1.92 bits per heavy atom. The van der Waals surface area contributed by atoms with Crippen molar-refractivity contribution < 1.29 is 31.1 Å². The van der Waals surface area contributed by atoms with Gasteiger partial charge in [-0.05, 0) is 37.3 Å². The van der Waals surface area contributed by atoms with Crippen molar-refractivity contribution in [3.63, 3.8) is 0 Å². The smallest absolute Gasteiger partial charge is 0.419 e. The third-order valence-electron chi connectivity index (χ3n) is 6.37. The standard InChI is InChI=1S/C24H32F3N5O4S.CH4/c1-5-32(37(4,34)35)21-9-7-6-8-16(21)12-20-18(24(25,26)27)14-28-23(31-20)30-17-10-11-19(29-15(2)33)22(13-17)36-3;/h10-11,13-14,16,21H,5-9,12H2,1-4H3,(H,29,33)(H,28,30,31);1H4/t16-,21+;/m0./s1. The second kappa shape index (κ2) is 12.7. The predicted molar refractivity (Wildman–Crippen MR) is 141 cm³/mol. The lowest BCUT2D eigenvalue weighted by Gasteiger charge is -2.38. The molecule has 1 heterocycles. The number of methoxy groups -OCH3 is 1. The van der Waals surface area contributed by atoms with Crippen LogP contribution in [0.15, 0.2) is 24.4 Å². The van der Waals surface area contributed by atoms with E-state index in [2.05, 4.69) is 20.6 Å². The Balaban J connectivity index is 0.00000507. The highest BCUT2D eigenvalue weighted by molar-refractivity contribution is 7.88. The van der Waals surface area contributed by atoms with E-state index in [0.29, 0.717) is 30.0 Å². The molecule has 2 N–H and O–H groups in total. The van der Waals surface area contributed by atoms with Gasteiger partial charge in [0.25, 0.3) is 0 Å². The summed E-state index contributed by atoms with van der Waals surface area (Å²) in [5.74, 6) is -0.296. The minimum absolute atomic E-state index is 0. The van der Waals surface area contributed by atoms with Crippen molar-refractivity contribution in [2.75, 3.05) is 30.5 Å². The van der Waals surface area contributed by atoms with Gasteiger partial charge in [-0.3, -0.25) is 4.79 Å². The summed E-state index contributed by atoms with van der Waals surface area (Å²) in [5.41, 5.74) is -0.248. The normalized spacial score (nSPS) is 18.0. The Morgan fingerprint density at radius 1 is 1.24 bits per heavy atom. The molecule has 212 valence electrons. The number of hydrogen-bond acceptors (Lipinski definition) is 7. The molecule has 1 aromatic carbocycles. The number of ether oxygens (including phenoxy) is 1. The number of amides is 1. The van der Waals surface area contributed by atoms with Gasteiger partial charge in [-0.1, -0.05) is 27.2 Å². The zero-order valence-corrected chi connectivity index (χ0v) is 22.0. The average molecular weight is 560 g/mol. The molecular formula is C25H36F3N5O4S. The van der Waals surface area contributed by atoms with Gasteiger partial charge in [-0.25, -0.2) is 18.4 Å². The number of alkyl halides is 3. The molecule has 1 aromatic heterocycles. The van der Waals surface area contributed by atoms with Gasteiger partial charge in [-0.15, -0.1) is 0 Å². The summed E-state index contributed by atoms with van der Waals surface area (Å²) in [7, 11) is -2.09. The summed E-state index contributed by atoms with van der Waals surface area (Å²) in [6.07, 6.45) is -0.0180. The first kappa shape index (κ1) is 31.3. The van der Waals surface area contributed by atoms with E-state index in [1.807, 2.05) is 0 Å². The Hall–Kier alpha value is -2.93. The van der Waals surface area contributed by atoms with Crippen LogP contribution >= 0.6 is 0 Å². The first-order valence-electron chi connectivity index (χ1n) is 12.0. The molecule has 9 nitrogen and oxygen atoms in total.